The highest BCUT2D eigenvalue weighted by atomic mass is 15.2. The Morgan fingerprint density at radius 1 is 1.53 bits per heavy atom. The van der Waals surface area contributed by atoms with Crippen LogP contribution in [0.2, 0.25) is 0 Å². The van der Waals surface area contributed by atoms with Crippen molar-refractivity contribution in [3.05, 3.63) is 18.5 Å². The number of imidazole rings is 1. The van der Waals surface area contributed by atoms with Crippen LogP contribution in [-0.4, -0.2) is 27.6 Å². The number of aromatic nitrogens is 3. The average Bonchev–Trinajstić information content (AvgIpc) is 2.57. The molecule has 0 saturated heterocycles. The molecule has 0 bridgehead atoms. The molecule has 15 heavy (non-hydrogen) atoms. The molecule has 0 aliphatic heterocycles. The molecule has 0 spiro atoms. The fraction of sp³-hybridized carbons (Fsp3) is 0.400. The van der Waals surface area contributed by atoms with Crippen molar-refractivity contribution >= 4 is 17.0 Å². The minimum Gasteiger partial charge on any atom is -0.356 e. The van der Waals surface area contributed by atoms with E-state index in [1.807, 2.05) is 17.7 Å². The van der Waals surface area contributed by atoms with Crippen LogP contribution in [0.4, 0.5) is 5.95 Å². The SMILES string of the molecule is Cn1c(NCCCN)nc2cnccc21. The van der Waals surface area contributed by atoms with E-state index in [-0.39, 0.29) is 0 Å². The van der Waals surface area contributed by atoms with Gasteiger partial charge in [0.15, 0.2) is 0 Å². The Balaban J connectivity index is 2.24. The molecule has 0 radical (unpaired) electrons. The largest absolute Gasteiger partial charge is 0.356 e. The van der Waals surface area contributed by atoms with E-state index in [4.69, 9.17) is 5.73 Å². The van der Waals surface area contributed by atoms with Crippen LogP contribution in [-0.2, 0) is 7.05 Å². The second-order valence-electron chi connectivity index (χ2n) is 3.43. The number of anilines is 1. The molecule has 80 valence electrons. The standard InChI is InChI=1S/C10H15N5/c1-15-9-3-6-12-7-8(9)14-10(15)13-5-2-4-11/h3,6-7H,2,4-5,11H2,1H3,(H,13,14). The Morgan fingerprint density at radius 2 is 2.40 bits per heavy atom. The number of fused-ring (bicyclic) bond motifs is 1. The summed E-state index contributed by atoms with van der Waals surface area (Å²) < 4.78 is 2.02. The van der Waals surface area contributed by atoms with Gasteiger partial charge in [-0.1, -0.05) is 0 Å². The molecule has 5 heteroatoms. The lowest BCUT2D eigenvalue weighted by Gasteiger charge is -2.04. The summed E-state index contributed by atoms with van der Waals surface area (Å²) in [6.45, 7) is 1.54. The lowest BCUT2D eigenvalue weighted by atomic mass is 10.4. The van der Waals surface area contributed by atoms with Gasteiger partial charge in [-0.25, -0.2) is 4.98 Å². The van der Waals surface area contributed by atoms with Crippen molar-refractivity contribution in [2.24, 2.45) is 12.8 Å². The van der Waals surface area contributed by atoms with Crippen LogP contribution in [0.25, 0.3) is 11.0 Å². The Bertz CT molecular complexity index is 448. The van der Waals surface area contributed by atoms with E-state index in [1.54, 1.807) is 12.4 Å². The summed E-state index contributed by atoms with van der Waals surface area (Å²) >= 11 is 0. The molecule has 2 aromatic rings. The highest BCUT2D eigenvalue weighted by molar-refractivity contribution is 5.77. The monoisotopic (exact) mass is 205 g/mol. The van der Waals surface area contributed by atoms with E-state index in [9.17, 15) is 0 Å². The zero-order chi connectivity index (χ0) is 10.7. The summed E-state index contributed by atoms with van der Waals surface area (Å²) in [7, 11) is 1.99. The smallest absolute Gasteiger partial charge is 0.203 e. The van der Waals surface area contributed by atoms with Gasteiger partial charge in [-0.2, -0.15) is 0 Å². The zero-order valence-corrected chi connectivity index (χ0v) is 8.77. The molecule has 0 amide bonds. The first-order valence-electron chi connectivity index (χ1n) is 5.03. The molecule has 5 nitrogen and oxygen atoms in total. The van der Waals surface area contributed by atoms with E-state index in [1.165, 1.54) is 0 Å². The van der Waals surface area contributed by atoms with Gasteiger partial charge in [0.2, 0.25) is 5.95 Å². The van der Waals surface area contributed by atoms with Crippen molar-refractivity contribution < 1.29 is 0 Å². The summed E-state index contributed by atoms with van der Waals surface area (Å²) in [5, 5.41) is 3.25. The fourth-order valence-electron chi connectivity index (χ4n) is 1.51. The van der Waals surface area contributed by atoms with E-state index in [2.05, 4.69) is 15.3 Å². The second-order valence-corrected chi connectivity index (χ2v) is 3.43. The normalized spacial score (nSPS) is 10.8. The maximum absolute atomic E-state index is 5.43. The predicted molar refractivity (Wildman–Crippen MR) is 60.7 cm³/mol. The number of hydrogen-bond donors (Lipinski definition) is 2. The minimum absolute atomic E-state index is 0.693. The Kier molecular flexibility index (Phi) is 2.82. The summed E-state index contributed by atoms with van der Waals surface area (Å²) in [6, 6.07) is 1.95. The number of aryl methyl sites for hydroxylation is 1. The van der Waals surface area contributed by atoms with Gasteiger partial charge in [-0.05, 0) is 19.0 Å². The molecule has 0 saturated carbocycles. The number of rotatable bonds is 4. The van der Waals surface area contributed by atoms with Crippen molar-refractivity contribution in [2.75, 3.05) is 18.4 Å². The highest BCUT2D eigenvalue weighted by Crippen LogP contribution is 2.16. The van der Waals surface area contributed by atoms with Gasteiger partial charge in [0, 0.05) is 19.8 Å². The van der Waals surface area contributed by atoms with Crippen molar-refractivity contribution in [1.82, 2.24) is 14.5 Å². The third kappa shape index (κ3) is 1.92. The maximum atomic E-state index is 5.43. The lowest BCUT2D eigenvalue weighted by Crippen LogP contribution is -2.11. The average molecular weight is 205 g/mol. The molecule has 0 aliphatic rings. The van der Waals surface area contributed by atoms with Gasteiger partial charge in [-0.3, -0.25) is 4.98 Å². The van der Waals surface area contributed by atoms with Crippen molar-refractivity contribution in [1.29, 1.82) is 0 Å². The Labute approximate surface area is 88.3 Å². The minimum atomic E-state index is 0.693. The lowest BCUT2D eigenvalue weighted by molar-refractivity contribution is 0.847. The van der Waals surface area contributed by atoms with Crippen LogP contribution in [0.1, 0.15) is 6.42 Å². The molecule has 0 aromatic carbocycles. The molecule has 0 unspecified atom stereocenters. The summed E-state index contributed by atoms with van der Waals surface area (Å²) in [4.78, 5) is 8.47. The van der Waals surface area contributed by atoms with E-state index in [0.717, 1.165) is 29.9 Å². The number of nitrogens with zero attached hydrogens (tertiary/aromatic N) is 3. The van der Waals surface area contributed by atoms with Gasteiger partial charge in [0.1, 0.15) is 5.52 Å². The first-order valence-corrected chi connectivity index (χ1v) is 5.03. The van der Waals surface area contributed by atoms with Gasteiger partial charge in [0.05, 0.1) is 11.7 Å². The van der Waals surface area contributed by atoms with Crippen LogP contribution in [0.5, 0.6) is 0 Å². The Morgan fingerprint density at radius 3 is 3.13 bits per heavy atom. The molecule has 0 atom stereocenters. The summed E-state index contributed by atoms with van der Waals surface area (Å²) in [6.07, 6.45) is 4.48. The maximum Gasteiger partial charge on any atom is 0.203 e. The molecule has 3 N–H and O–H groups in total. The molecule has 2 rings (SSSR count). The third-order valence-corrected chi connectivity index (χ3v) is 2.35. The molecule has 0 fully saturated rings. The topological polar surface area (TPSA) is 68.8 Å². The number of nitrogens with two attached hydrogens (primary N) is 1. The molecule has 2 aromatic heterocycles. The zero-order valence-electron chi connectivity index (χ0n) is 8.77. The van der Waals surface area contributed by atoms with Crippen LogP contribution >= 0.6 is 0 Å². The van der Waals surface area contributed by atoms with E-state index in [0.29, 0.717) is 6.54 Å². The fourth-order valence-corrected chi connectivity index (χ4v) is 1.51. The number of hydrogen-bond acceptors (Lipinski definition) is 4. The summed E-state index contributed by atoms with van der Waals surface area (Å²) in [5.41, 5.74) is 7.42. The highest BCUT2D eigenvalue weighted by Gasteiger charge is 2.05. The molecule has 0 aliphatic carbocycles. The van der Waals surface area contributed by atoms with Gasteiger partial charge in [-0.15, -0.1) is 0 Å². The van der Waals surface area contributed by atoms with Crippen LogP contribution in [0.15, 0.2) is 18.5 Å². The van der Waals surface area contributed by atoms with Crippen molar-refractivity contribution in [3.63, 3.8) is 0 Å². The van der Waals surface area contributed by atoms with Crippen molar-refractivity contribution in [3.8, 4) is 0 Å². The van der Waals surface area contributed by atoms with Crippen LogP contribution in [0, 0.1) is 0 Å². The number of nitrogens with one attached hydrogen (secondary N) is 1. The Hall–Kier alpha value is -1.62. The first-order chi connectivity index (χ1) is 7.33. The summed E-state index contributed by atoms with van der Waals surface area (Å²) in [5.74, 6) is 0.867. The van der Waals surface area contributed by atoms with Crippen LogP contribution < -0.4 is 11.1 Å². The molecular formula is C10H15N5. The third-order valence-electron chi connectivity index (χ3n) is 2.35. The van der Waals surface area contributed by atoms with Gasteiger partial charge >= 0.3 is 0 Å². The quantitative estimate of drug-likeness (QED) is 0.722. The van der Waals surface area contributed by atoms with Crippen LogP contribution in [0.3, 0.4) is 0 Å². The molecular weight excluding hydrogens is 190 g/mol. The van der Waals surface area contributed by atoms with Gasteiger partial charge in [0.25, 0.3) is 0 Å². The van der Waals surface area contributed by atoms with Crippen molar-refractivity contribution in [2.45, 2.75) is 6.42 Å². The van der Waals surface area contributed by atoms with E-state index < -0.39 is 0 Å². The number of pyridine rings is 1. The van der Waals surface area contributed by atoms with E-state index >= 15 is 0 Å². The first kappa shape index (κ1) is 9.92. The molecule has 2 heterocycles. The second kappa shape index (κ2) is 4.27. The van der Waals surface area contributed by atoms with Gasteiger partial charge < -0.3 is 15.6 Å². The predicted octanol–water partition coefficient (Wildman–Crippen LogP) is 0.729.